The van der Waals surface area contributed by atoms with Crippen LogP contribution in [0.5, 0.6) is 11.6 Å². The molecule has 32 heavy (non-hydrogen) atoms. The third-order valence-electron chi connectivity index (χ3n) is 5.88. The van der Waals surface area contributed by atoms with E-state index in [1.807, 2.05) is 6.07 Å². The number of fused-ring (bicyclic) bond motifs is 3. The van der Waals surface area contributed by atoms with Gasteiger partial charge in [-0.25, -0.2) is 0 Å². The molecule has 4 heteroatoms. The summed E-state index contributed by atoms with van der Waals surface area (Å²) in [4.78, 5) is 1.11. The van der Waals surface area contributed by atoms with Crippen molar-refractivity contribution in [3.8, 4) is 22.2 Å². The minimum Gasteiger partial charge on any atom is -0.436 e. The summed E-state index contributed by atoms with van der Waals surface area (Å²) in [6.07, 6.45) is 0. The molecule has 0 saturated heterocycles. The molecule has 6 aromatic rings. The van der Waals surface area contributed by atoms with Crippen LogP contribution in [0.2, 0.25) is 0 Å². The van der Waals surface area contributed by atoms with Crippen molar-refractivity contribution in [2.24, 2.45) is 0 Å². The minimum atomic E-state index is 0.535. The van der Waals surface area contributed by atoms with Crippen LogP contribution in [0.25, 0.3) is 42.2 Å². The molecule has 2 heterocycles. The first-order chi connectivity index (χ1) is 15.7. The van der Waals surface area contributed by atoms with E-state index < -0.39 is 0 Å². The zero-order valence-corrected chi connectivity index (χ0v) is 18.6. The highest BCUT2D eigenvalue weighted by molar-refractivity contribution is 7.22. The third kappa shape index (κ3) is 3.12. The van der Waals surface area contributed by atoms with Gasteiger partial charge in [-0.1, -0.05) is 60.7 Å². The van der Waals surface area contributed by atoms with E-state index in [0.29, 0.717) is 5.88 Å². The Bertz CT molecular complexity index is 1580. The van der Waals surface area contributed by atoms with Gasteiger partial charge < -0.3 is 4.74 Å². The van der Waals surface area contributed by atoms with Crippen molar-refractivity contribution in [1.82, 2.24) is 10.2 Å². The maximum atomic E-state index is 6.38. The molecule has 0 radical (unpaired) electrons. The quantitative estimate of drug-likeness (QED) is 0.265. The van der Waals surface area contributed by atoms with Crippen molar-refractivity contribution < 1.29 is 4.74 Å². The maximum Gasteiger partial charge on any atom is 0.246 e. The number of benzene rings is 4. The van der Waals surface area contributed by atoms with Gasteiger partial charge in [0.1, 0.15) is 11.4 Å². The van der Waals surface area contributed by atoms with E-state index in [4.69, 9.17) is 4.74 Å². The van der Waals surface area contributed by atoms with Gasteiger partial charge in [0.2, 0.25) is 5.88 Å². The molecule has 2 aromatic heterocycles. The fourth-order valence-electron chi connectivity index (χ4n) is 4.23. The lowest BCUT2D eigenvalue weighted by Crippen LogP contribution is -1.98. The van der Waals surface area contributed by atoms with Crippen LogP contribution in [0.3, 0.4) is 0 Å². The largest absolute Gasteiger partial charge is 0.436 e. The summed E-state index contributed by atoms with van der Waals surface area (Å²) in [7, 11) is 0. The predicted octanol–water partition coefficient (Wildman–Crippen LogP) is 8.07. The van der Waals surface area contributed by atoms with E-state index in [1.165, 1.54) is 15.5 Å². The van der Waals surface area contributed by atoms with Crippen molar-refractivity contribution in [1.29, 1.82) is 0 Å². The lowest BCUT2D eigenvalue weighted by Gasteiger charge is -2.14. The molecule has 0 bridgehead atoms. The molecule has 0 aliphatic heterocycles. The summed E-state index contributed by atoms with van der Waals surface area (Å²) < 4.78 is 7.63. The SMILES string of the molecule is Cc1cccc(C)c1Oc1nnc(-c2cc3ccccc3s2)c2cc3ccccc3cc12. The second kappa shape index (κ2) is 7.43. The highest BCUT2D eigenvalue weighted by atomic mass is 32.1. The zero-order valence-electron chi connectivity index (χ0n) is 17.8. The zero-order chi connectivity index (χ0) is 21.7. The first kappa shape index (κ1) is 19.0. The predicted molar refractivity (Wildman–Crippen MR) is 134 cm³/mol. The summed E-state index contributed by atoms with van der Waals surface area (Å²) in [5.74, 6) is 1.37. The van der Waals surface area contributed by atoms with Crippen molar-refractivity contribution in [2.45, 2.75) is 13.8 Å². The average Bonchev–Trinajstić information content (AvgIpc) is 3.24. The second-order valence-corrected chi connectivity index (χ2v) is 9.15. The summed E-state index contributed by atoms with van der Waals surface area (Å²) in [5, 5.41) is 14.8. The number of aromatic nitrogens is 2. The Labute approximate surface area is 189 Å². The van der Waals surface area contributed by atoms with E-state index in [-0.39, 0.29) is 0 Å². The van der Waals surface area contributed by atoms with Gasteiger partial charge in [0.15, 0.2) is 0 Å². The maximum absolute atomic E-state index is 6.38. The standard InChI is InChI=1S/C28H20N2OS/c1-17-8-7-9-18(2)27(17)31-28-23-15-20-11-4-3-10-19(20)14-22(23)26(29-30-28)25-16-21-12-5-6-13-24(21)32-25/h3-16H,1-2H3. The smallest absolute Gasteiger partial charge is 0.246 e. The highest BCUT2D eigenvalue weighted by Crippen LogP contribution is 2.40. The highest BCUT2D eigenvalue weighted by Gasteiger charge is 2.17. The number of ether oxygens (including phenoxy) is 1. The van der Waals surface area contributed by atoms with Crippen molar-refractivity contribution in [2.75, 3.05) is 0 Å². The van der Waals surface area contributed by atoms with Crippen LogP contribution >= 0.6 is 11.3 Å². The summed E-state index contributed by atoms with van der Waals surface area (Å²) in [6, 6.07) is 29.5. The normalized spacial score (nSPS) is 11.4. The third-order valence-corrected chi connectivity index (χ3v) is 7.00. The number of aryl methyl sites for hydroxylation is 2. The molecule has 6 rings (SSSR count). The molecule has 0 unspecified atom stereocenters. The summed E-state index contributed by atoms with van der Waals surface area (Å²) >= 11 is 1.74. The molecule has 0 fully saturated rings. The van der Waals surface area contributed by atoms with Crippen LogP contribution < -0.4 is 4.74 Å². The van der Waals surface area contributed by atoms with E-state index in [0.717, 1.165) is 43.6 Å². The molecule has 0 aliphatic rings. The van der Waals surface area contributed by atoms with Crippen LogP contribution in [-0.2, 0) is 0 Å². The minimum absolute atomic E-state index is 0.535. The van der Waals surface area contributed by atoms with Crippen LogP contribution in [0.1, 0.15) is 11.1 Å². The number of para-hydroxylation sites is 1. The number of nitrogens with zero attached hydrogens (tertiary/aromatic N) is 2. The van der Waals surface area contributed by atoms with Gasteiger partial charge in [0.25, 0.3) is 0 Å². The van der Waals surface area contributed by atoms with Gasteiger partial charge in [-0.3, -0.25) is 0 Å². The molecule has 0 aliphatic carbocycles. The molecule has 4 aromatic carbocycles. The Hall–Kier alpha value is -3.76. The molecule has 0 atom stereocenters. The van der Waals surface area contributed by atoms with Crippen molar-refractivity contribution in [3.05, 3.63) is 96.1 Å². The molecule has 0 spiro atoms. The number of hydrogen-bond donors (Lipinski definition) is 0. The number of hydrogen-bond acceptors (Lipinski definition) is 4. The van der Waals surface area contributed by atoms with Crippen LogP contribution in [0.15, 0.2) is 84.9 Å². The second-order valence-electron chi connectivity index (χ2n) is 8.07. The molecule has 0 amide bonds. The molecule has 3 nitrogen and oxygen atoms in total. The number of rotatable bonds is 3. The molecular formula is C28H20N2OS. The molecular weight excluding hydrogens is 412 g/mol. The van der Waals surface area contributed by atoms with E-state index in [9.17, 15) is 0 Å². The average molecular weight is 433 g/mol. The Balaban J connectivity index is 1.62. The monoisotopic (exact) mass is 432 g/mol. The van der Waals surface area contributed by atoms with Gasteiger partial charge in [-0.2, -0.15) is 0 Å². The van der Waals surface area contributed by atoms with Crippen LogP contribution in [0, 0.1) is 13.8 Å². The lowest BCUT2D eigenvalue weighted by molar-refractivity contribution is 0.455. The topological polar surface area (TPSA) is 35.0 Å². The fourth-order valence-corrected chi connectivity index (χ4v) is 5.29. The number of thiophene rings is 1. The molecule has 0 N–H and O–H groups in total. The Morgan fingerprint density at radius 1 is 0.656 bits per heavy atom. The van der Waals surface area contributed by atoms with E-state index in [2.05, 4.69) is 103 Å². The summed E-state index contributed by atoms with van der Waals surface area (Å²) in [5.41, 5.74) is 3.05. The van der Waals surface area contributed by atoms with Crippen LogP contribution in [-0.4, -0.2) is 10.2 Å². The Morgan fingerprint density at radius 3 is 2.03 bits per heavy atom. The first-order valence-corrected chi connectivity index (χ1v) is 11.4. The van der Waals surface area contributed by atoms with Gasteiger partial charge in [-0.15, -0.1) is 21.5 Å². The first-order valence-electron chi connectivity index (χ1n) is 10.6. The van der Waals surface area contributed by atoms with Crippen molar-refractivity contribution in [3.63, 3.8) is 0 Å². The van der Waals surface area contributed by atoms with Crippen molar-refractivity contribution >= 4 is 43.0 Å². The Kier molecular flexibility index (Phi) is 4.40. The summed E-state index contributed by atoms with van der Waals surface area (Å²) in [6.45, 7) is 4.11. The lowest BCUT2D eigenvalue weighted by atomic mass is 10.0. The van der Waals surface area contributed by atoms with Gasteiger partial charge in [0.05, 0.1) is 4.88 Å². The Morgan fingerprint density at radius 2 is 1.31 bits per heavy atom. The van der Waals surface area contributed by atoms with Gasteiger partial charge >= 0.3 is 0 Å². The van der Waals surface area contributed by atoms with E-state index >= 15 is 0 Å². The molecule has 154 valence electrons. The van der Waals surface area contributed by atoms with Crippen LogP contribution in [0.4, 0.5) is 0 Å². The fraction of sp³-hybridized carbons (Fsp3) is 0.0714. The van der Waals surface area contributed by atoms with E-state index in [1.54, 1.807) is 11.3 Å². The van der Waals surface area contributed by atoms with Gasteiger partial charge in [0, 0.05) is 15.5 Å². The molecule has 0 saturated carbocycles. The van der Waals surface area contributed by atoms with Gasteiger partial charge in [-0.05, 0) is 65.4 Å².